The zero-order chi connectivity index (χ0) is 18.7. The van der Waals surface area contributed by atoms with Crippen LogP contribution in [0.25, 0.3) is 0 Å². The lowest BCUT2D eigenvalue weighted by molar-refractivity contribution is -0.385. The molecular formula is C17H14ClN5O3. The van der Waals surface area contributed by atoms with Gasteiger partial charge in [0, 0.05) is 11.2 Å². The van der Waals surface area contributed by atoms with E-state index < -0.39 is 4.92 Å². The Balaban J connectivity index is 1.96. The Bertz CT molecular complexity index is 963. The van der Waals surface area contributed by atoms with Gasteiger partial charge >= 0.3 is 11.6 Å². The van der Waals surface area contributed by atoms with E-state index >= 15 is 0 Å². The van der Waals surface area contributed by atoms with E-state index in [1.165, 1.54) is 6.33 Å². The summed E-state index contributed by atoms with van der Waals surface area (Å²) in [5.41, 5.74) is 1.36. The molecule has 3 aromatic rings. The van der Waals surface area contributed by atoms with Gasteiger partial charge in [0.15, 0.2) is 0 Å². The minimum Gasteiger partial charge on any atom is -0.434 e. The number of hydrogen-bond acceptors (Lipinski definition) is 7. The summed E-state index contributed by atoms with van der Waals surface area (Å²) in [5, 5.41) is 15.0. The van der Waals surface area contributed by atoms with Crippen molar-refractivity contribution in [3.63, 3.8) is 0 Å². The van der Waals surface area contributed by atoms with Crippen LogP contribution in [-0.2, 0) is 0 Å². The van der Waals surface area contributed by atoms with E-state index in [4.69, 9.17) is 16.3 Å². The van der Waals surface area contributed by atoms with Gasteiger partial charge in [-0.25, -0.2) is 9.97 Å². The zero-order valence-corrected chi connectivity index (χ0v) is 14.7. The van der Waals surface area contributed by atoms with Crippen LogP contribution in [0, 0.1) is 24.0 Å². The number of nitrogens with one attached hydrogen (secondary N) is 1. The average Bonchev–Trinajstić information content (AvgIpc) is 2.60. The highest BCUT2D eigenvalue weighted by atomic mass is 35.5. The fourth-order valence-electron chi connectivity index (χ4n) is 2.15. The number of aromatic nitrogens is 3. The highest BCUT2D eigenvalue weighted by Gasteiger charge is 2.25. The average molecular weight is 372 g/mol. The van der Waals surface area contributed by atoms with E-state index in [1.807, 2.05) is 13.0 Å². The molecule has 0 aliphatic carbocycles. The predicted octanol–water partition coefficient (Wildman–Crippen LogP) is 4.59. The molecule has 0 saturated heterocycles. The fraction of sp³-hybridized carbons (Fsp3) is 0.118. The van der Waals surface area contributed by atoms with Crippen molar-refractivity contribution in [1.29, 1.82) is 0 Å². The second kappa shape index (κ2) is 7.32. The molecule has 0 spiro atoms. The first-order valence-electron chi connectivity index (χ1n) is 7.57. The molecule has 0 amide bonds. The summed E-state index contributed by atoms with van der Waals surface area (Å²) in [5.74, 6) is 0.613. The van der Waals surface area contributed by atoms with E-state index in [1.54, 1.807) is 37.4 Å². The smallest absolute Gasteiger partial charge is 0.373 e. The molecule has 1 aromatic carbocycles. The Kier molecular flexibility index (Phi) is 4.94. The van der Waals surface area contributed by atoms with Crippen LogP contribution in [0.4, 0.5) is 17.3 Å². The number of hydrogen-bond donors (Lipinski definition) is 1. The second-order valence-electron chi connectivity index (χ2n) is 5.49. The van der Waals surface area contributed by atoms with Crippen molar-refractivity contribution in [1.82, 2.24) is 15.0 Å². The lowest BCUT2D eigenvalue weighted by Crippen LogP contribution is -2.04. The molecule has 0 unspecified atom stereocenters. The van der Waals surface area contributed by atoms with Crippen molar-refractivity contribution in [2.45, 2.75) is 13.8 Å². The summed E-state index contributed by atoms with van der Waals surface area (Å²) in [6, 6.07) is 8.45. The molecule has 0 aliphatic rings. The van der Waals surface area contributed by atoms with Gasteiger partial charge in [-0.05, 0) is 49.2 Å². The largest absolute Gasteiger partial charge is 0.434 e. The van der Waals surface area contributed by atoms with E-state index in [2.05, 4.69) is 20.3 Å². The van der Waals surface area contributed by atoms with Crippen molar-refractivity contribution in [3.05, 3.63) is 69.1 Å². The molecule has 0 aliphatic heterocycles. The summed E-state index contributed by atoms with van der Waals surface area (Å²) in [6.07, 6.45) is 2.82. The third kappa shape index (κ3) is 3.86. The summed E-state index contributed by atoms with van der Waals surface area (Å²) < 4.78 is 5.59. The van der Waals surface area contributed by atoms with E-state index in [-0.39, 0.29) is 17.4 Å². The lowest BCUT2D eigenvalue weighted by Gasteiger charge is -2.09. The Morgan fingerprint density at radius 1 is 1.15 bits per heavy atom. The molecule has 1 N–H and O–H groups in total. The number of pyridine rings is 1. The fourth-order valence-corrected chi connectivity index (χ4v) is 2.27. The molecule has 2 aromatic heterocycles. The first-order valence-corrected chi connectivity index (χ1v) is 7.95. The number of aryl methyl sites for hydroxylation is 2. The van der Waals surface area contributed by atoms with Crippen LogP contribution < -0.4 is 10.1 Å². The predicted molar refractivity (Wildman–Crippen MR) is 97.2 cm³/mol. The maximum atomic E-state index is 11.6. The van der Waals surface area contributed by atoms with Crippen LogP contribution in [-0.4, -0.2) is 19.9 Å². The molecule has 0 radical (unpaired) electrons. The molecule has 8 nitrogen and oxygen atoms in total. The number of benzene rings is 1. The molecule has 3 rings (SSSR count). The van der Waals surface area contributed by atoms with Crippen molar-refractivity contribution in [2.75, 3.05) is 5.32 Å². The summed E-state index contributed by atoms with van der Waals surface area (Å²) >= 11 is 5.99. The molecular weight excluding hydrogens is 358 g/mol. The van der Waals surface area contributed by atoms with Crippen LogP contribution in [0.1, 0.15) is 11.1 Å². The maximum Gasteiger partial charge on any atom is 0.373 e. The van der Waals surface area contributed by atoms with Crippen LogP contribution in [0.3, 0.4) is 0 Å². The molecule has 0 bridgehead atoms. The Hall–Kier alpha value is -3.26. The van der Waals surface area contributed by atoms with Crippen molar-refractivity contribution < 1.29 is 9.66 Å². The Labute approximate surface area is 154 Å². The van der Waals surface area contributed by atoms with Gasteiger partial charge in [-0.1, -0.05) is 17.7 Å². The molecule has 0 saturated carbocycles. The normalized spacial score (nSPS) is 10.4. The van der Waals surface area contributed by atoms with Gasteiger partial charge in [0.05, 0.1) is 4.92 Å². The minimum atomic E-state index is -0.603. The SMILES string of the molecule is Cc1ccc(Nc2ncnc(Oc3ccc(Cl)c(C)c3)c2[N+](=O)[O-])nc1. The topological polar surface area (TPSA) is 103 Å². The first-order chi connectivity index (χ1) is 12.4. The van der Waals surface area contributed by atoms with Crippen molar-refractivity contribution >= 4 is 28.9 Å². The number of ether oxygens (including phenoxy) is 1. The van der Waals surface area contributed by atoms with Gasteiger partial charge in [0.1, 0.15) is 17.9 Å². The van der Waals surface area contributed by atoms with Crippen LogP contribution >= 0.6 is 11.6 Å². The number of halogens is 1. The van der Waals surface area contributed by atoms with Crippen molar-refractivity contribution in [2.24, 2.45) is 0 Å². The lowest BCUT2D eigenvalue weighted by atomic mass is 10.2. The highest BCUT2D eigenvalue weighted by molar-refractivity contribution is 6.31. The number of rotatable bonds is 5. The highest BCUT2D eigenvalue weighted by Crippen LogP contribution is 2.35. The quantitative estimate of drug-likeness (QED) is 0.516. The minimum absolute atomic E-state index is 0.0120. The zero-order valence-electron chi connectivity index (χ0n) is 13.9. The summed E-state index contributed by atoms with van der Waals surface area (Å²) in [4.78, 5) is 23.0. The summed E-state index contributed by atoms with van der Waals surface area (Å²) in [6.45, 7) is 3.70. The third-order valence-electron chi connectivity index (χ3n) is 3.47. The van der Waals surface area contributed by atoms with Gasteiger partial charge in [-0.15, -0.1) is 0 Å². The molecule has 132 valence electrons. The molecule has 0 atom stereocenters. The van der Waals surface area contributed by atoms with Gasteiger partial charge < -0.3 is 10.1 Å². The second-order valence-corrected chi connectivity index (χ2v) is 5.90. The third-order valence-corrected chi connectivity index (χ3v) is 3.90. The maximum absolute atomic E-state index is 11.6. The first kappa shape index (κ1) is 17.6. The van der Waals surface area contributed by atoms with Crippen LogP contribution in [0.5, 0.6) is 11.6 Å². The Morgan fingerprint density at radius 3 is 2.62 bits per heavy atom. The number of nitrogens with zero attached hydrogens (tertiary/aromatic N) is 4. The number of anilines is 2. The number of nitro groups is 1. The van der Waals surface area contributed by atoms with Crippen molar-refractivity contribution in [3.8, 4) is 11.6 Å². The molecule has 9 heteroatoms. The molecule has 0 fully saturated rings. The van der Waals surface area contributed by atoms with Gasteiger partial charge in [-0.3, -0.25) is 10.1 Å². The van der Waals surface area contributed by atoms with Crippen LogP contribution in [0.15, 0.2) is 42.9 Å². The monoisotopic (exact) mass is 371 g/mol. The van der Waals surface area contributed by atoms with E-state index in [0.29, 0.717) is 16.6 Å². The van der Waals surface area contributed by atoms with E-state index in [0.717, 1.165) is 11.1 Å². The van der Waals surface area contributed by atoms with Gasteiger partial charge in [0.25, 0.3) is 0 Å². The molecule has 26 heavy (non-hydrogen) atoms. The standard InChI is InChI=1S/C17H14ClN5O3/c1-10-3-6-14(19-8-10)22-16-15(23(24)25)17(21-9-20-16)26-12-4-5-13(18)11(2)7-12/h3-9H,1-2H3,(H,19,20,21,22). The van der Waals surface area contributed by atoms with Crippen LogP contribution in [0.2, 0.25) is 5.02 Å². The Morgan fingerprint density at radius 2 is 1.96 bits per heavy atom. The van der Waals surface area contributed by atoms with Gasteiger partial charge in [0.2, 0.25) is 5.82 Å². The van der Waals surface area contributed by atoms with E-state index in [9.17, 15) is 10.1 Å². The molecule has 2 heterocycles. The van der Waals surface area contributed by atoms with Gasteiger partial charge in [-0.2, -0.15) is 4.98 Å². The summed E-state index contributed by atoms with van der Waals surface area (Å²) in [7, 11) is 0.